The number of allylic oxidation sites excluding steroid dienone is 2. The Bertz CT molecular complexity index is 175. The Hall–Kier alpha value is -0.600. The summed E-state index contributed by atoms with van der Waals surface area (Å²) in [6.07, 6.45) is 2.13. The van der Waals surface area contributed by atoms with Gasteiger partial charge in [0.2, 0.25) is 0 Å². The number of halogens is 2. The molecule has 0 aromatic carbocycles. The Kier molecular flexibility index (Phi) is 3.06. The van der Waals surface area contributed by atoms with E-state index in [1.54, 1.807) is 6.08 Å². The largest absolute Gasteiger partial charge is 0.437 e. The first kappa shape index (κ1) is 9.49. The average Bonchev–Trinajstić information content (AvgIpc) is 2.06. The van der Waals surface area contributed by atoms with Gasteiger partial charge in [-0.3, -0.25) is 0 Å². The Morgan fingerprint density at radius 3 is 2.75 bits per heavy atom. The highest BCUT2D eigenvalue weighted by molar-refractivity contribution is 4.97. The van der Waals surface area contributed by atoms with Crippen LogP contribution in [0.15, 0.2) is 11.8 Å². The second-order valence-electron chi connectivity index (χ2n) is 3.01. The molecule has 1 aliphatic carbocycles. The van der Waals surface area contributed by atoms with Crippen LogP contribution in [0.3, 0.4) is 0 Å². The molecule has 0 unspecified atom stereocenters. The van der Waals surface area contributed by atoms with E-state index in [2.05, 4.69) is 4.74 Å². The van der Waals surface area contributed by atoms with Gasteiger partial charge in [0, 0.05) is 12.8 Å². The molecule has 1 aliphatic rings. The first-order chi connectivity index (χ1) is 5.64. The summed E-state index contributed by atoms with van der Waals surface area (Å²) >= 11 is 0. The fourth-order valence-corrected chi connectivity index (χ4v) is 1.17. The van der Waals surface area contributed by atoms with Gasteiger partial charge in [0.1, 0.15) is 0 Å². The molecule has 0 saturated heterocycles. The van der Waals surface area contributed by atoms with Gasteiger partial charge in [0.05, 0.1) is 5.76 Å². The molecule has 0 radical (unpaired) electrons. The molecule has 0 aromatic rings. The van der Waals surface area contributed by atoms with Crippen molar-refractivity contribution in [3.8, 4) is 0 Å². The van der Waals surface area contributed by atoms with Crippen LogP contribution in [0, 0.1) is 0 Å². The number of hydrogen-bond acceptors (Lipinski definition) is 1. The highest BCUT2D eigenvalue weighted by Gasteiger charge is 2.29. The van der Waals surface area contributed by atoms with Gasteiger partial charge in [-0.2, -0.15) is 8.78 Å². The fraction of sp³-hybridized carbons (Fsp3) is 0.778. The van der Waals surface area contributed by atoms with E-state index in [1.807, 2.05) is 0 Å². The topological polar surface area (TPSA) is 9.23 Å². The highest BCUT2D eigenvalue weighted by atomic mass is 19.3. The maximum Gasteiger partial charge on any atom is 0.397 e. The summed E-state index contributed by atoms with van der Waals surface area (Å²) in [5, 5.41) is 0. The van der Waals surface area contributed by atoms with Crippen LogP contribution in [-0.4, -0.2) is 6.11 Å². The van der Waals surface area contributed by atoms with Gasteiger partial charge in [-0.05, 0) is 25.3 Å². The SMILES string of the molecule is CCC(F)(F)OC1=CCCCC1. The summed E-state index contributed by atoms with van der Waals surface area (Å²) in [6.45, 7) is 1.42. The smallest absolute Gasteiger partial charge is 0.397 e. The normalized spacial score (nSPS) is 18.8. The predicted octanol–water partition coefficient (Wildman–Crippen LogP) is 3.46. The van der Waals surface area contributed by atoms with Crippen LogP contribution in [0.2, 0.25) is 0 Å². The van der Waals surface area contributed by atoms with Crippen molar-refractivity contribution in [2.45, 2.75) is 45.1 Å². The van der Waals surface area contributed by atoms with E-state index < -0.39 is 6.11 Å². The number of alkyl halides is 2. The lowest BCUT2D eigenvalue weighted by Crippen LogP contribution is -2.19. The molecule has 0 amide bonds. The molecule has 0 fully saturated rings. The molecule has 0 saturated carbocycles. The second kappa shape index (κ2) is 3.87. The third kappa shape index (κ3) is 2.80. The first-order valence-corrected chi connectivity index (χ1v) is 4.40. The zero-order valence-electron chi connectivity index (χ0n) is 7.28. The molecule has 0 spiro atoms. The Labute approximate surface area is 71.4 Å². The molecule has 0 heterocycles. The lowest BCUT2D eigenvalue weighted by Gasteiger charge is -2.20. The van der Waals surface area contributed by atoms with Crippen LogP contribution in [-0.2, 0) is 4.74 Å². The molecule has 1 rings (SSSR count). The Balaban J connectivity index is 2.44. The van der Waals surface area contributed by atoms with Crippen LogP contribution in [0.4, 0.5) is 8.78 Å². The van der Waals surface area contributed by atoms with E-state index in [1.165, 1.54) is 6.92 Å². The van der Waals surface area contributed by atoms with Crippen LogP contribution in [0.1, 0.15) is 39.0 Å². The van der Waals surface area contributed by atoms with Crippen molar-refractivity contribution in [1.29, 1.82) is 0 Å². The van der Waals surface area contributed by atoms with E-state index in [-0.39, 0.29) is 6.42 Å². The molecule has 0 aliphatic heterocycles. The van der Waals surface area contributed by atoms with Crippen LogP contribution < -0.4 is 0 Å². The molecule has 12 heavy (non-hydrogen) atoms. The zero-order chi connectivity index (χ0) is 9.03. The van der Waals surface area contributed by atoms with Gasteiger partial charge < -0.3 is 4.74 Å². The maximum absolute atomic E-state index is 12.7. The summed E-state index contributed by atoms with van der Waals surface area (Å²) in [7, 11) is 0. The van der Waals surface area contributed by atoms with Crippen molar-refractivity contribution >= 4 is 0 Å². The molecule has 1 nitrogen and oxygen atoms in total. The van der Waals surface area contributed by atoms with Crippen molar-refractivity contribution in [2.24, 2.45) is 0 Å². The van der Waals surface area contributed by atoms with Gasteiger partial charge in [0.25, 0.3) is 0 Å². The van der Waals surface area contributed by atoms with Crippen LogP contribution >= 0.6 is 0 Å². The van der Waals surface area contributed by atoms with Crippen molar-refractivity contribution in [1.82, 2.24) is 0 Å². The minimum Gasteiger partial charge on any atom is -0.437 e. The van der Waals surface area contributed by atoms with E-state index in [4.69, 9.17) is 0 Å². The lowest BCUT2D eigenvalue weighted by molar-refractivity contribution is -0.217. The van der Waals surface area contributed by atoms with Crippen LogP contribution in [0.25, 0.3) is 0 Å². The van der Waals surface area contributed by atoms with Gasteiger partial charge in [-0.1, -0.05) is 6.92 Å². The third-order valence-electron chi connectivity index (χ3n) is 1.94. The summed E-state index contributed by atoms with van der Waals surface area (Å²) < 4.78 is 29.9. The summed E-state index contributed by atoms with van der Waals surface area (Å²) in [5.41, 5.74) is 0. The fourth-order valence-electron chi connectivity index (χ4n) is 1.17. The minimum atomic E-state index is -2.97. The molecule has 70 valence electrons. The molecule has 3 heteroatoms. The second-order valence-corrected chi connectivity index (χ2v) is 3.01. The quantitative estimate of drug-likeness (QED) is 0.639. The van der Waals surface area contributed by atoms with E-state index in [9.17, 15) is 8.78 Å². The standard InChI is InChI=1S/C9H14F2O/c1-2-9(10,11)12-8-6-4-3-5-7-8/h6H,2-5,7H2,1H3. The highest BCUT2D eigenvalue weighted by Crippen LogP contribution is 2.28. The van der Waals surface area contributed by atoms with Gasteiger partial charge in [-0.15, -0.1) is 0 Å². The van der Waals surface area contributed by atoms with Gasteiger partial charge >= 0.3 is 6.11 Å². The summed E-state index contributed by atoms with van der Waals surface area (Å²) in [6, 6.07) is 0. The van der Waals surface area contributed by atoms with Crippen molar-refractivity contribution < 1.29 is 13.5 Å². The summed E-state index contributed by atoms with van der Waals surface area (Å²) in [4.78, 5) is 0. The molecule has 0 atom stereocenters. The molecule has 0 N–H and O–H groups in total. The zero-order valence-corrected chi connectivity index (χ0v) is 7.28. The van der Waals surface area contributed by atoms with Crippen molar-refractivity contribution in [3.05, 3.63) is 11.8 Å². The Morgan fingerprint density at radius 1 is 1.50 bits per heavy atom. The molecular formula is C9H14F2O. The van der Waals surface area contributed by atoms with E-state index >= 15 is 0 Å². The molecular weight excluding hydrogens is 162 g/mol. The van der Waals surface area contributed by atoms with E-state index in [0.29, 0.717) is 12.2 Å². The van der Waals surface area contributed by atoms with Gasteiger partial charge in [0.15, 0.2) is 0 Å². The van der Waals surface area contributed by atoms with Crippen molar-refractivity contribution in [2.75, 3.05) is 0 Å². The van der Waals surface area contributed by atoms with Crippen LogP contribution in [0.5, 0.6) is 0 Å². The van der Waals surface area contributed by atoms with E-state index in [0.717, 1.165) is 19.3 Å². The average molecular weight is 176 g/mol. The van der Waals surface area contributed by atoms with Gasteiger partial charge in [-0.25, -0.2) is 0 Å². The number of hydrogen-bond donors (Lipinski definition) is 0. The molecule has 0 bridgehead atoms. The Morgan fingerprint density at radius 2 is 2.25 bits per heavy atom. The minimum absolute atomic E-state index is 0.260. The maximum atomic E-state index is 12.7. The summed E-state index contributed by atoms with van der Waals surface area (Å²) in [5.74, 6) is 0.466. The monoisotopic (exact) mass is 176 g/mol. The third-order valence-corrected chi connectivity index (χ3v) is 1.94. The molecule has 0 aromatic heterocycles. The van der Waals surface area contributed by atoms with Crippen molar-refractivity contribution in [3.63, 3.8) is 0 Å². The number of ether oxygens (including phenoxy) is 1. The lowest BCUT2D eigenvalue weighted by atomic mass is 10.1. The predicted molar refractivity (Wildman–Crippen MR) is 42.9 cm³/mol. The number of rotatable bonds is 3. The first-order valence-electron chi connectivity index (χ1n) is 4.40.